The molecule has 1 amide bonds. The topological polar surface area (TPSA) is 85.1 Å². The fraction of sp³-hybridized carbons (Fsp3) is 0.316. The van der Waals surface area contributed by atoms with E-state index in [0.29, 0.717) is 17.3 Å². The van der Waals surface area contributed by atoms with E-state index in [1.165, 1.54) is 39.6 Å². The number of aryl methyl sites for hydroxylation is 3. The second-order valence-electron chi connectivity index (χ2n) is 6.48. The zero-order valence-electron chi connectivity index (χ0n) is 15.9. The van der Waals surface area contributed by atoms with Crippen molar-refractivity contribution in [2.45, 2.75) is 38.8 Å². The maximum absolute atomic E-state index is 12.2. The predicted octanol–water partition coefficient (Wildman–Crippen LogP) is 4.03. The number of carbonyl (C=O) groups excluding carboxylic acids is 1. The van der Waals surface area contributed by atoms with Crippen LogP contribution in [0.5, 0.6) is 0 Å². The monoisotopic (exact) mass is 412 g/mol. The van der Waals surface area contributed by atoms with Crippen molar-refractivity contribution in [2.24, 2.45) is 0 Å². The van der Waals surface area contributed by atoms with Crippen LogP contribution in [0.15, 0.2) is 29.4 Å². The Morgan fingerprint density at radius 3 is 2.82 bits per heavy atom. The van der Waals surface area contributed by atoms with Gasteiger partial charge in [-0.1, -0.05) is 48.2 Å². The lowest BCUT2D eigenvalue weighted by Gasteiger charge is -2.09. The van der Waals surface area contributed by atoms with Gasteiger partial charge in [0, 0.05) is 17.6 Å². The minimum Gasteiger partial charge on any atom is -0.301 e. The fourth-order valence-electron chi connectivity index (χ4n) is 3.09. The number of amides is 1. The van der Waals surface area contributed by atoms with Crippen molar-refractivity contribution in [3.8, 4) is 0 Å². The van der Waals surface area contributed by atoms with Crippen molar-refractivity contribution >= 4 is 50.7 Å². The molecular formula is C19H20N6OS2. The SMILES string of the molecule is CCc1nnc(NC(=O)CCSc2nnc3cc(C)c4cccc(C)c4n23)s1. The van der Waals surface area contributed by atoms with Crippen LogP contribution in [-0.2, 0) is 11.2 Å². The number of hydrogen-bond donors (Lipinski definition) is 1. The van der Waals surface area contributed by atoms with Gasteiger partial charge in [-0.05, 0) is 37.5 Å². The van der Waals surface area contributed by atoms with Crippen LogP contribution in [0.4, 0.5) is 5.13 Å². The van der Waals surface area contributed by atoms with E-state index in [4.69, 9.17) is 0 Å². The summed E-state index contributed by atoms with van der Waals surface area (Å²) in [6.07, 6.45) is 1.18. The number of rotatable bonds is 6. The van der Waals surface area contributed by atoms with Crippen LogP contribution in [0, 0.1) is 13.8 Å². The maximum Gasteiger partial charge on any atom is 0.227 e. The second kappa shape index (κ2) is 7.84. The molecule has 0 fully saturated rings. The number of nitrogens with one attached hydrogen (secondary N) is 1. The number of pyridine rings is 1. The molecule has 1 N–H and O–H groups in total. The molecule has 0 saturated heterocycles. The Morgan fingerprint density at radius 1 is 1.18 bits per heavy atom. The third-order valence-corrected chi connectivity index (χ3v) is 6.38. The Kier molecular flexibility index (Phi) is 5.27. The van der Waals surface area contributed by atoms with E-state index < -0.39 is 0 Å². The summed E-state index contributed by atoms with van der Waals surface area (Å²) in [6, 6.07) is 8.32. The molecule has 0 aliphatic carbocycles. The van der Waals surface area contributed by atoms with Crippen LogP contribution in [-0.4, -0.2) is 36.5 Å². The smallest absolute Gasteiger partial charge is 0.227 e. The van der Waals surface area contributed by atoms with Crippen molar-refractivity contribution in [1.29, 1.82) is 0 Å². The van der Waals surface area contributed by atoms with E-state index in [0.717, 1.165) is 27.7 Å². The number of nitrogens with zero attached hydrogens (tertiary/aromatic N) is 5. The Hall–Kier alpha value is -2.52. The Morgan fingerprint density at radius 2 is 2.04 bits per heavy atom. The van der Waals surface area contributed by atoms with Crippen molar-refractivity contribution in [1.82, 2.24) is 24.8 Å². The Bertz CT molecular complexity index is 1170. The summed E-state index contributed by atoms with van der Waals surface area (Å²) >= 11 is 2.94. The average molecular weight is 413 g/mol. The average Bonchev–Trinajstić information content (AvgIpc) is 3.29. The molecule has 0 atom stereocenters. The van der Waals surface area contributed by atoms with Gasteiger partial charge in [0.15, 0.2) is 10.8 Å². The summed E-state index contributed by atoms with van der Waals surface area (Å²) in [6.45, 7) is 6.19. The minimum atomic E-state index is -0.0722. The van der Waals surface area contributed by atoms with Crippen molar-refractivity contribution < 1.29 is 4.79 Å². The molecule has 0 bridgehead atoms. The molecule has 9 heteroatoms. The molecule has 0 radical (unpaired) electrons. The molecule has 1 aromatic carbocycles. The molecule has 0 saturated carbocycles. The Balaban J connectivity index is 1.50. The van der Waals surface area contributed by atoms with E-state index in [-0.39, 0.29) is 5.91 Å². The molecular weight excluding hydrogens is 392 g/mol. The molecule has 0 aliphatic heterocycles. The van der Waals surface area contributed by atoms with Crippen molar-refractivity contribution in [3.63, 3.8) is 0 Å². The van der Waals surface area contributed by atoms with Gasteiger partial charge in [-0.3, -0.25) is 9.20 Å². The first-order chi connectivity index (χ1) is 13.6. The first-order valence-electron chi connectivity index (χ1n) is 9.06. The fourth-order valence-corrected chi connectivity index (χ4v) is 4.67. The van der Waals surface area contributed by atoms with Crippen LogP contribution in [0.1, 0.15) is 29.5 Å². The van der Waals surface area contributed by atoms with Gasteiger partial charge in [0.25, 0.3) is 0 Å². The largest absolute Gasteiger partial charge is 0.301 e. The predicted molar refractivity (Wildman–Crippen MR) is 113 cm³/mol. The van der Waals surface area contributed by atoms with E-state index in [2.05, 4.69) is 62.2 Å². The van der Waals surface area contributed by atoms with Gasteiger partial charge >= 0.3 is 0 Å². The van der Waals surface area contributed by atoms with Gasteiger partial charge in [0.1, 0.15) is 5.01 Å². The number of carbonyl (C=O) groups is 1. The van der Waals surface area contributed by atoms with Crippen LogP contribution in [0.25, 0.3) is 16.6 Å². The van der Waals surface area contributed by atoms with Crippen LogP contribution < -0.4 is 5.32 Å². The normalized spacial score (nSPS) is 11.4. The molecule has 3 heterocycles. The first kappa shape index (κ1) is 18.8. The summed E-state index contributed by atoms with van der Waals surface area (Å²) < 4.78 is 2.08. The van der Waals surface area contributed by atoms with Gasteiger partial charge in [-0.15, -0.1) is 20.4 Å². The van der Waals surface area contributed by atoms with Crippen molar-refractivity contribution in [3.05, 3.63) is 40.4 Å². The lowest BCUT2D eigenvalue weighted by atomic mass is 10.1. The lowest BCUT2D eigenvalue weighted by Crippen LogP contribution is -2.12. The molecule has 28 heavy (non-hydrogen) atoms. The summed E-state index contributed by atoms with van der Waals surface area (Å²) in [4.78, 5) is 12.2. The number of para-hydroxylation sites is 1. The molecule has 3 aromatic heterocycles. The van der Waals surface area contributed by atoms with E-state index >= 15 is 0 Å². The first-order valence-corrected chi connectivity index (χ1v) is 10.9. The van der Waals surface area contributed by atoms with Crippen LogP contribution >= 0.6 is 23.1 Å². The summed E-state index contributed by atoms with van der Waals surface area (Å²) in [5, 5.41) is 22.9. The standard InChI is InChI=1S/C19H20N6OS2/c1-4-16-22-23-18(28-16)20-15(26)8-9-27-19-24-21-14-10-12(3)13-7-5-6-11(2)17(13)25(14)19/h5-7,10H,4,8-9H2,1-3H3,(H,20,23,26). The van der Waals surface area contributed by atoms with Gasteiger partial charge < -0.3 is 5.32 Å². The zero-order chi connectivity index (χ0) is 19.7. The minimum absolute atomic E-state index is 0.0722. The van der Waals surface area contributed by atoms with Gasteiger partial charge in [0.05, 0.1) is 5.52 Å². The lowest BCUT2D eigenvalue weighted by molar-refractivity contribution is -0.115. The molecule has 0 spiro atoms. The van der Waals surface area contributed by atoms with E-state index in [9.17, 15) is 4.79 Å². The Labute approximate surface area is 170 Å². The molecule has 7 nitrogen and oxygen atoms in total. The number of aromatic nitrogens is 5. The third-order valence-electron chi connectivity index (χ3n) is 4.47. The molecule has 144 valence electrons. The number of anilines is 1. The van der Waals surface area contributed by atoms with E-state index in [1.54, 1.807) is 0 Å². The number of hydrogen-bond acceptors (Lipinski definition) is 7. The molecule has 4 rings (SSSR count). The summed E-state index contributed by atoms with van der Waals surface area (Å²) in [5.41, 5.74) is 4.30. The summed E-state index contributed by atoms with van der Waals surface area (Å²) in [7, 11) is 0. The highest BCUT2D eigenvalue weighted by atomic mass is 32.2. The quantitative estimate of drug-likeness (QED) is 0.481. The van der Waals surface area contributed by atoms with Gasteiger partial charge in [0.2, 0.25) is 11.0 Å². The number of fused-ring (bicyclic) bond motifs is 3. The van der Waals surface area contributed by atoms with Crippen LogP contribution in [0.3, 0.4) is 0 Å². The maximum atomic E-state index is 12.2. The summed E-state index contributed by atoms with van der Waals surface area (Å²) in [5.74, 6) is 0.532. The number of thioether (sulfide) groups is 1. The highest BCUT2D eigenvalue weighted by Crippen LogP contribution is 2.28. The third kappa shape index (κ3) is 3.59. The van der Waals surface area contributed by atoms with Gasteiger partial charge in [-0.2, -0.15) is 0 Å². The number of benzene rings is 1. The second-order valence-corrected chi connectivity index (χ2v) is 8.60. The van der Waals surface area contributed by atoms with E-state index in [1.807, 2.05) is 13.0 Å². The molecule has 4 aromatic rings. The highest BCUT2D eigenvalue weighted by molar-refractivity contribution is 7.99. The van der Waals surface area contributed by atoms with Crippen molar-refractivity contribution in [2.75, 3.05) is 11.1 Å². The molecule has 0 unspecified atom stereocenters. The van der Waals surface area contributed by atoms with Gasteiger partial charge in [-0.25, -0.2) is 0 Å². The van der Waals surface area contributed by atoms with Crippen LogP contribution in [0.2, 0.25) is 0 Å². The highest BCUT2D eigenvalue weighted by Gasteiger charge is 2.14. The molecule has 0 aliphatic rings. The zero-order valence-corrected chi connectivity index (χ0v) is 17.5.